The Morgan fingerprint density at radius 2 is 1.89 bits per heavy atom. The largest absolute Gasteiger partial charge is 0.342 e. The molecule has 152 valence electrons. The minimum Gasteiger partial charge on any atom is -0.342 e. The molecule has 0 saturated carbocycles. The average molecular weight is 418 g/mol. The van der Waals surface area contributed by atoms with Crippen molar-refractivity contribution in [3.05, 3.63) is 30.1 Å². The van der Waals surface area contributed by atoms with Crippen LogP contribution in [-0.4, -0.2) is 53.9 Å². The van der Waals surface area contributed by atoms with Crippen molar-refractivity contribution in [1.82, 2.24) is 10.2 Å². The van der Waals surface area contributed by atoms with E-state index in [0.29, 0.717) is 11.6 Å². The lowest BCUT2D eigenvalue weighted by Crippen LogP contribution is -2.44. The molecule has 0 aliphatic carbocycles. The van der Waals surface area contributed by atoms with Gasteiger partial charge in [0.05, 0.1) is 11.0 Å². The maximum absolute atomic E-state index is 12.9. The van der Waals surface area contributed by atoms with Crippen LogP contribution >= 0.6 is 24.2 Å². The van der Waals surface area contributed by atoms with Crippen LogP contribution in [0.1, 0.15) is 26.7 Å². The van der Waals surface area contributed by atoms with Gasteiger partial charge in [-0.1, -0.05) is 6.92 Å². The van der Waals surface area contributed by atoms with Crippen molar-refractivity contribution in [2.24, 2.45) is 5.92 Å². The molecule has 0 bridgehead atoms. The summed E-state index contributed by atoms with van der Waals surface area (Å²) in [5.74, 6) is 0.410. The first-order valence-corrected chi connectivity index (χ1v) is 10.2. The Bertz CT molecular complexity index is 595. The molecular weight excluding hydrogens is 389 g/mol. The van der Waals surface area contributed by atoms with Crippen molar-refractivity contribution in [2.75, 3.05) is 37.2 Å². The van der Waals surface area contributed by atoms with Gasteiger partial charge in [0.15, 0.2) is 0 Å². The Hall–Kier alpha value is -1.31. The van der Waals surface area contributed by atoms with Crippen LogP contribution in [0.15, 0.2) is 24.3 Å². The SMILES string of the molecule is CCNCC1CCN(C(=O)C(C)SCC(=O)Nc2ccc(F)cc2)CC1.Cl. The molecule has 1 aromatic rings. The number of piperidine rings is 1. The van der Waals surface area contributed by atoms with E-state index in [9.17, 15) is 14.0 Å². The molecule has 2 amide bonds. The van der Waals surface area contributed by atoms with Crippen molar-refractivity contribution in [3.63, 3.8) is 0 Å². The van der Waals surface area contributed by atoms with Gasteiger partial charge in [-0.3, -0.25) is 9.59 Å². The van der Waals surface area contributed by atoms with Crippen LogP contribution in [0, 0.1) is 11.7 Å². The summed E-state index contributed by atoms with van der Waals surface area (Å²) in [6.07, 6.45) is 2.06. The summed E-state index contributed by atoms with van der Waals surface area (Å²) in [4.78, 5) is 26.4. The predicted molar refractivity (Wildman–Crippen MR) is 112 cm³/mol. The highest BCUT2D eigenvalue weighted by molar-refractivity contribution is 8.01. The van der Waals surface area contributed by atoms with Crippen molar-refractivity contribution >= 4 is 41.7 Å². The van der Waals surface area contributed by atoms with Crippen molar-refractivity contribution < 1.29 is 14.0 Å². The number of benzene rings is 1. The zero-order valence-corrected chi connectivity index (χ0v) is 17.5. The van der Waals surface area contributed by atoms with E-state index in [4.69, 9.17) is 0 Å². The van der Waals surface area contributed by atoms with E-state index >= 15 is 0 Å². The number of nitrogens with zero attached hydrogens (tertiary/aromatic N) is 1. The zero-order chi connectivity index (χ0) is 18.9. The second-order valence-corrected chi connectivity index (χ2v) is 7.91. The van der Waals surface area contributed by atoms with E-state index in [2.05, 4.69) is 17.6 Å². The second kappa shape index (κ2) is 12.2. The third-order valence-electron chi connectivity index (χ3n) is 4.55. The minimum atomic E-state index is -0.342. The molecule has 1 aromatic carbocycles. The number of halogens is 2. The predicted octanol–water partition coefficient (Wildman–Crippen LogP) is 3.16. The molecule has 1 heterocycles. The van der Waals surface area contributed by atoms with Gasteiger partial charge in [-0.2, -0.15) is 0 Å². The van der Waals surface area contributed by atoms with Crippen molar-refractivity contribution in [2.45, 2.75) is 31.9 Å². The van der Waals surface area contributed by atoms with E-state index in [1.807, 2.05) is 11.8 Å². The van der Waals surface area contributed by atoms with Gasteiger partial charge in [-0.05, 0) is 63.0 Å². The Kier molecular flexibility index (Phi) is 10.7. The first-order chi connectivity index (χ1) is 12.5. The topological polar surface area (TPSA) is 61.4 Å². The van der Waals surface area contributed by atoms with Crippen LogP contribution in [0.5, 0.6) is 0 Å². The van der Waals surface area contributed by atoms with E-state index in [1.165, 1.54) is 36.0 Å². The maximum atomic E-state index is 12.9. The number of carbonyl (C=O) groups is 2. The molecular formula is C19H29ClFN3O2S. The fraction of sp³-hybridized carbons (Fsp3) is 0.579. The van der Waals surface area contributed by atoms with Crippen LogP contribution in [-0.2, 0) is 9.59 Å². The Morgan fingerprint density at radius 1 is 1.26 bits per heavy atom. The summed E-state index contributed by atoms with van der Waals surface area (Å²) in [6.45, 7) is 7.54. The molecule has 27 heavy (non-hydrogen) atoms. The molecule has 1 unspecified atom stereocenters. The Balaban J connectivity index is 0.00000364. The molecule has 0 radical (unpaired) electrons. The first-order valence-electron chi connectivity index (χ1n) is 9.16. The highest BCUT2D eigenvalue weighted by atomic mass is 35.5. The second-order valence-electron chi connectivity index (χ2n) is 6.58. The van der Waals surface area contributed by atoms with Crippen LogP contribution in [0.2, 0.25) is 0 Å². The maximum Gasteiger partial charge on any atom is 0.235 e. The molecule has 1 atom stereocenters. The zero-order valence-electron chi connectivity index (χ0n) is 15.9. The average Bonchev–Trinajstić information content (AvgIpc) is 2.66. The molecule has 1 saturated heterocycles. The number of nitrogens with one attached hydrogen (secondary N) is 2. The number of thioether (sulfide) groups is 1. The molecule has 1 fully saturated rings. The fourth-order valence-electron chi connectivity index (χ4n) is 2.97. The first kappa shape index (κ1) is 23.7. The fourth-order valence-corrected chi connectivity index (χ4v) is 3.73. The highest BCUT2D eigenvalue weighted by Gasteiger charge is 2.26. The molecule has 5 nitrogen and oxygen atoms in total. The monoisotopic (exact) mass is 417 g/mol. The van der Waals surface area contributed by atoms with Gasteiger partial charge in [-0.15, -0.1) is 24.2 Å². The van der Waals surface area contributed by atoms with E-state index < -0.39 is 0 Å². The van der Waals surface area contributed by atoms with Crippen molar-refractivity contribution in [3.8, 4) is 0 Å². The summed E-state index contributed by atoms with van der Waals surface area (Å²) in [5, 5.41) is 5.83. The molecule has 1 aliphatic rings. The highest BCUT2D eigenvalue weighted by Crippen LogP contribution is 2.21. The van der Waals surface area contributed by atoms with E-state index in [1.54, 1.807) is 0 Å². The summed E-state index contributed by atoms with van der Waals surface area (Å²) in [7, 11) is 0. The third kappa shape index (κ3) is 8.07. The standard InChI is InChI=1S/C19H28FN3O2S.ClH/c1-3-21-12-15-8-10-23(11-9-15)19(25)14(2)26-13-18(24)22-17-6-4-16(20)5-7-17;/h4-7,14-15,21H,3,8-13H2,1-2H3,(H,22,24);1H. The molecule has 0 aromatic heterocycles. The van der Waals surface area contributed by atoms with Crippen LogP contribution in [0.25, 0.3) is 0 Å². The van der Waals surface area contributed by atoms with Gasteiger partial charge in [0.25, 0.3) is 0 Å². The molecule has 2 N–H and O–H groups in total. The lowest BCUT2D eigenvalue weighted by atomic mass is 9.96. The molecule has 2 rings (SSSR count). The normalized spacial score (nSPS) is 15.7. The summed E-state index contributed by atoms with van der Waals surface area (Å²) >= 11 is 1.33. The quantitative estimate of drug-likeness (QED) is 0.682. The third-order valence-corrected chi connectivity index (χ3v) is 5.68. The van der Waals surface area contributed by atoms with Gasteiger partial charge in [0.2, 0.25) is 11.8 Å². The number of amides is 2. The van der Waals surface area contributed by atoms with Gasteiger partial charge < -0.3 is 15.5 Å². The smallest absolute Gasteiger partial charge is 0.235 e. The number of carbonyl (C=O) groups excluding carboxylic acids is 2. The van der Waals surface area contributed by atoms with Crippen LogP contribution in [0.4, 0.5) is 10.1 Å². The van der Waals surface area contributed by atoms with E-state index in [-0.39, 0.29) is 41.0 Å². The summed E-state index contributed by atoms with van der Waals surface area (Å²) in [5.41, 5.74) is 0.554. The van der Waals surface area contributed by atoms with Gasteiger partial charge in [-0.25, -0.2) is 4.39 Å². The molecule has 8 heteroatoms. The van der Waals surface area contributed by atoms with Gasteiger partial charge in [0, 0.05) is 18.8 Å². The van der Waals surface area contributed by atoms with Gasteiger partial charge >= 0.3 is 0 Å². The number of hydrogen-bond donors (Lipinski definition) is 2. The summed E-state index contributed by atoms with van der Waals surface area (Å²) in [6, 6.07) is 5.64. The lowest BCUT2D eigenvalue weighted by Gasteiger charge is -2.33. The number of likely N-dealkylation sites (tertiary alicyclic amines) is 1. The Morgan fingerprint density at radius 3 is 2.48 bits per heavy atom. The number of rotatable bonds is 8. The van der Waals surface area contributed by atoms with Crippen LogP contribution in [0.3, 0.4) is 0 Å². The number of hydrogen-bond acceptors (Lipinski definition) is 4. The number of anilines is 1. The van der Waals surface area contributed by atoms with E-state index in [0.717, 1.165) is 39.0 Å². The molecule has 1 aliphatic heterocycles. The Labute approximate surface area is 171 Å². The van der Waals surface area contributed by atoms with Gasteiger partial charge in [0.1, 0.15) is 5.82 Å². The molecule has 0 spiro atoms. The van der Waals surface area contributed by atoms with Crippen LogP contribution < -0.4 is 10.6 Å². The van der Waals surface area contributed by atoms with Crippen molar-refractivity contribution in [1.29, 1.82) is 0 Å². The minimum absolute atomic E-state index is 0. The lowest BCUT2D eigenvalue weighted by molar-refractivity contribution is -0.131. The summed E-state index contributed by atoms with van der Waals surface area (Å²) < 4.78 is 12.9.